The lowest BCUT2D eigenvalue weighted by molar-refractivity contribution is -0.274. The second-order valence-electron chi connectivity index (χ2n) is 9.89. The molecule has 7 nitrogen and oxygen atoms in total. The van der Waals surface area contributed by atoms with Crippen molar-refractivity contribution in [3.8, 4) is 11.4 Å². The largest absolute Gasteiger partial charge is 0.573 e. The lowest BCUT2D eigenvalue weighted by Crippen LogP contribution is -2.38. The first kappa shape index (κ1) is 28.5. The number of carbonyl (C=O) groups is 1. The summed E-state index contributed by atoms with van der Waals surface area (Å²) in [6.45, 7) is 3.92. The van der Waals surface area contributed by atoms with Gasteiger partial charge in [0, 0.05) is 18.9 Å². The van der Waals surface area contributed by atoms with Crippen molar-refractivity contribution < 1.29 is 22.7 Å². The zero-order valence-electron chi connectivity index (χ0n) is 22.9. The maximum Gasteiger partial charge on any atom is 0.573 e. The van der Waals surface area contributed by atoms with E-state index in [1.54, 1.807) is 54.5 Å². The number of alkyl halides is 3. The smallest absolute Gasteiger partial charge is 0.406 e. The average molecular weight is 573 g/mol. The van der Waals surface area contributed by atoms with Gasteiger partial charge < -0.3 is 9.64 Å². The molecule has 2 heterocycles. The van der Waals surface area contributed by atoms with Gasteiger partial charge in [0.1, 0.15) is 11.6 Å². The molecule has 0 fully saturated rings. The molecule has 1 atom stereocenters. The Morgan fingerprint density at radius 2 is 1.67 bits per heavy atom. The van der Waals surface area contributed by atoms with Crippen molar-refractivity contribution in [3.63, 3.8) is 0 Å². The number of fused-ring (bicyclic) bond motifs is 1. The number of carbonyl (C=O) groups excluding carboxylic acids is 1. The molecule has 10 heteroatoms. The zero-order valence-corrected chi connectivity index (χ0v) is 22.9. The number of hydrogen-bond acceptors (Lipinski definition) is 5. The predicted molar refractivity (Wildman–Crippen MR) is 152 cm³/mol. The molecular formula is C32H27F3N4O3. The van der Waals surface area contributed by atoms with Crippen molar-refractivity contribution in [3.05, 3.63) is 130 Å². The minimum atomic E-state index is -4.81. The van der Waals surface area contributed by atoms with Gasteiger partial charge in [0.2, 0.25) is 5.91 Å². The number of pyridine rings is 1. The van der Waals surface area contributed by atoms with Crippen molar-refractivity contribution in [2.75, 3.05) is 0 Å². The van der Waals surface area contributed by atoms with E-state index >= 15 is 0 Å². The summed E-state index contributed by atoms with van der Waals surface area (Å²) in [5.74, 6) is -0.316. The normalized spacial score (nSPS) is 12.2. The maximum atomic E-state index is 13.9. The Labute approximate surface area is 239 Å². The van der Waals surface area contributed by atoms with E-state index < -0.39 is 12.4 Å². The molecule has 0 saturated carbocycles. The van der Waals surface area contributed by atoms with Gasteiger partial charge in [-0.05, 0) is 67.4 Å². The molecule has 42 heavy (non-hydrogen) atoms. The van der Waals surface area contributed by atoms with Gasteiger partial charge >= 0.3 is 6.36 Å². The molecule has 1 amide bonds. The SMILES string of the molecule is Cc1ccc(-n2c(C(C)N(Cc3cccnc3)C(=O)Cc3ccc(OC(F)(F)F)cc3)nc3ccccc3c2=O)cc1. The van der Waals surface area contributed by atoms with E-state index in [9.17, 15) is 22.8 Å². The molecule has 214 valence electrons. The van der Waals surface area contributed by atoms with E-state index in [1.165, 1.54) is 28.8 Å². The average Bonchev–Trinajstić information content (AvgIpc) is 2.97. The molecule has 2 aromatic heterocycles. The second kappa shape index (κ2) is 11.9. The standard InChI is InChI=1S/C32H27F3N4O3/c1-21-9-13-25(14-10-21)39-30(37-28-8-4-3-7-27(28)31(39)41)22(2)38(20-24-6-5-17-36-19-24)29(40)18-23-11-15-26(16-12-23)42-32(33,34)35/h3-17,19,22H,18,20H2,1-2H3. The molecule has 0 bridgehead atoms. The van der Waals surface area contributed by atoms with E-state index in [4.69, 9.17) is 4.98 Å². The van der Waals surface area contributed by atoms with Crippen LogP contribution in [0.3, 0.4) is 0 Å². The van der Waals surface area contributed by atoms with E-state index in [0.29, 0.717) is 28.0 Å². The van der Waals surface area contributed by atoms with Crippen LogP contribution in [0.15, 0.2) is 102 Å². The van der Waals surface area contributed by atoms with Crippen molar-refractivity contribution in [2.45, 2.75) is 39.2 Å². The number of halogens is 3. The highest BCUT2D eigenvalue weighted by Gasteiger charge is 2.31. The van der Waals surface area contributed by atoms with Crippen LogP contribution in [0.1, 0.15) is 35.5 Å². The Hall–Kier alpha value is -4.99. The number of aryl methyl sites for hydroxylation is 1. The van der Waals surface area contributed by atoms with E-state index in [1.807, 2.05) is 37.3 Å². The Bertz CT molecular complexity index is 1750. The Balaban J connectivity index is 1.56. The minimum Gasteiger partial charge on any atom is -0.406 e. The van der Waals surface area contributed by atoms with Gasteiger partial charge in [-0.1, -0.05) is 48.0 Å². The molecule has 3 aromatic carbocycles. The zero-order chi connectivity index (χ0) is 29.9. The molecule has 0 aliphatic rings. The number of ether oxygens (including phenoxy) is 1. The van der Waals surface area contributed by atoms with Gasteiger partial charge in [-0.25, -0.2) is 4.98 Å². The van der Waals surface area contributed by atoms with Gasteiger partial charge in [-0.2, -0.15) is 0 Å². The third-order valence-corrected chi connectivity index (χ3v) is 6.84. The molecule has 0 radical (unpaired) electrons. The van der Waals surface area contributed by atoms with Crippen LogP contribution in [0.2, 0.25) is 0 Å². The molecule has 0 saturated heterocycles. The third kappa shape index (κ3) is 6.49. The van der Waals surface area contributed by atoms with Gasteiger partial charge in [0.25, 0.3) is 5.56 Å². The van der Waals surface area contributed by atoms with Gasteiger partial charge in [0.05, 0.1) is 29.1 Å². The summed E-state index contributed by atoms with van der Waals surface area (Å²) in [5.41, 5.74) is 3.13. The molecule has 5 rings (SSSR count). The summed E-state index contributed by atoms with van der Waals surface area (Å²) in [7, 11) is 0. The molecule has 0 aliphatic carbocycles. The lowest BCUT2D eigenvalue weighted by atomic mass is 10.1. The first-order chi connectivity index (χ1) is 20.1. The number of para-hydroxylation sites is 1. The number of amides is 1. The minimum absolute atomic E-state index is 0.0980. The number of benzene rings is 3. The van der Waals surface area contributed by atoms with Crippen LogP contribution in [-0.4, -0.2) is 31.7 Å². The number of aromatic nitrogens is 3. The molecule has 5 aromatic rings. The van der Waals surface area contributed by atoms with Crippen LogP contribution >= 0.6 is 0 Å². The number of rotatable bonds is 8. The molecule has 0 aliphatic heterocycles. The molecule has 0 N–H and O–H groups in total. The highest BCUT2D eigenvalue weighted by molar-refractivity contribution is 5.80. The summed E-state index contributed by atoms with van der Waals surface area (Å²) in [5, 5.41) is 0.445. The highest BCUT2D eigenvalue weighted by Crippen LogP contribution is 2.27. The van der Waals surface area contributed by atoms with E-state index in [0.717, 1.165) is 11.1 Å². The van der Waals surface area contributed by atoms with Crippen LogP contribution < -0.4 is 10.3 Å². The third-order valence-electron chi connectivity index (χ3n) is 6.84. The van der Waals surface area contributed by atoms with Crippen molar-refractivity contribution in [1.29, 1.82) is 0 Å². The van der Waals surface area contributed by atoms with E-state index in [2.05, 4.69) is 9.72 Å². The number of hydrogen-bond donors (Lipinski definition) is 0. The Kier molecular flexibility index (Phi) is 8.06. The molecule has 0 spiro atoms. The summed E-state index contributed by atoms with van der Waals surface area (Å²) in [4.78, 5) is 38.3. The fourth-order valence-corrected chi connectivity index (χ4v) is 4.73. The Morgan fingerprint density at radius 1 is 0.952 bits per heavy atom. The van der Waals surface area contributed by atoms with E-state index in [-0.39, 0.29) is 30.2 Å². The van der Waals surface area contributed by atoms with Crippen LogP contribution in [0.5, 0.6) is 5.75 Å². The topological polar surface area (TPSA) is 77.3 Å². The van der Waals surface area contributed by atoms with Crippen LogP contribution in [0, 0.1) is 6.92 Å². The second-order valence-corrected chi connectivity index (χ2v) is 9.89. The highest BCUT2D eigenvalue weighted by atomic mass is 19.4. The maximum absolute atomic E-state index is 13.9. The summed E-state index contributed by atoms with van der Waals surface area (Å²) in [6, 6.07) is 22.6. The molecular weight excluding hydrogens is 545 g/mol. The van der Waals surface area contributed by atoms with Crippen molar-refractivity contribution >= 4 is 16.8 Å². The van der Waals surface area contributed by atoms with Crippen LogP contribution in [0.25, 0.3) is 16.6 Å². The van der Waals surface area contributed by atoms with Crippen molar-refractivity contribution in [1.82, 2.24) is 19.4 Å². The quantitative estimate of drug-likeness (QED) is 0.218. The predicted octanol–water partition coefficient (Wildman–Crippen LogP) is 6.32. The van der Waals surface area contributed by atoms with Crippen LogP contribution in [0.4, 0.5) is 13.2 Å². The first-order valence-electron chi connectivity index (χ1n) is 13.2. The summed E-state index contributed by atoms with van der Waals surface area (Å²) in [6.07, 6.45) is -1.63. The fourth-order valence-electron chi connectivity index (χ4n) is 4.73. The van der Waals surface area contributed by atoms with Gasteiger partial charge in [-0.15, -0.1) is 13.2 Å². The summed E-state index contributed by atoms with van der Waals surface area (Å²) < 4.78 is 43.3. The lowest BCUT2D eigenvalue weighted by Gasteiger charge is -2.31. The van der Waals surface area contributed by atoms with Crippen LogP contribution in [-0.2, 0) is 17.8 Å². The summed E-state index contributed by atoms with van der Waals surface area (Å²) >= 11 is 0. The number of nitrogens with zero attached hydrogens (tertiary/aromatic N) is 4. The first-order valence-corrected chi connectivity index (χ1v) is 13.2. The Morgan fingerprint density at radius 3 is 2.33 bits per heavy atom. The molecule has 1 unspecified atom stereocenters. The van der Waals surface area contributed by atoms with Gasteiger partial charge in [0.15, 0.2) is 0 Å². The van der Waals surface area contributed by atoms with Gasteiger partial charge in [-0.3, -0.25) is 19.1 Å². The van der Waals surface area contributed by atoms with Crippen molar-refractivity contribution in [2.24, 2.45) is 0 Å². The monoisotopic (exact) mass is 572 g/mol. The fraction of sp³-hybridized carbons (Fsp3) is 0.188.